The number of likely N-dealkylation sites (tertiary alicyclic amines) is 1. The van der Waals surface area contributed by atoms with E-state index in [0.29, 0.717) is 6.54 Å². The summed E-state index contributed by atoms with van der Waals surface area (Å²) in [5.74, 6) is 0. The summed E-state index contributed by atoms with van der Waals surface area (Å²) in [5.41, 5.74) is 5.02. The van der Waals surface area contributed by atoms with Gasteiger partial charge in [-0.05, 0) is 50.8 Å². The van der Waals surface area contributed by atoms with E-state index in [-0.39, 0.29) is 12.1 Å². The average Bonchev–Trinajstić information content (AvgIpc) is 2.97. The van der Waals surface area contributed by atoms with Crippen molar-refractivity contribution in [2.45, 2.75) is 39.7 Å². The second-order valence-corrected chi connectivity index (χ2v) is 6.72. The summed E-state index contributed by atoms with van der Waals surface area (Å²) in [5, 5.41) is 7.47. The fourth-order valence-corrected chi connectivity index (χ4v) is 3.23. The van der Waals surface area contributed by atoms with Gasteiger partial charge in [-0.25, -0.2) is 9.48 Å². The van der Waals surface area contributed by atoms with E-state index in [1.165, 1.54) is 5.56 Å². The van der Waals surface area contributed by atoms with Gasteiger partial charge in [-0.1, -0.05) is 12.1 Å². The predicted molar refractivity (Wildman–Crippen MR) is 98.4 cm³/mol. The van der Waals surface area contributed by atoms with E-state index in [2.05, 4.69) is 42.5 Å². The van der Waals surface area contributed by atoms with E-state index >= 15 is 0 Å². The minimum atomic E-state index is -0.0923. The summed E-state index contributed by atoms with van der Waals surface area (Å²) in [6.07, 6.45) is 3.81. The lowest BCUT2D eigenvalue weighted by atomic mass is 10.1. The smallest absolute Gasteiger partial charge is 0.322 e. The van der Waals surface area contributed by atoms with Crippen molar-refractivity contribution in [2.75, 3.05) is 25.5 Å². The third-order valence-electron chi connectivity index (χ3n) is 4.84. The van der Waals surface area contributed by atoms with Crippen molar-refractivity contribution in [1.82, 2.24) is 14.7 Å². The van der Waals surface area contributed by atoms with E-state index in [0.717, 1.165) is 42.0 Å². The van der Waals surface area contributed by atoms with Crippen molar-refractivity contribution in [3.05, 3.63) is 41.2 Å². The molecule has 1 atom stereocenters. The molecule has 0 spiro atoms. The number of piperidine rings is 1. The number of hydrogen-bond donors (Lipinski definition) is 1. The zero-order valence-corrected chi connectivity index (χ0v) is 15.4. The number of nitrogens with zero attached hydrogens (tertiary/aromatic N) is 3. The molecule has 2 amide bonds. The molecule has 1 N–H and O–H groups in total. The molecule has 1 unspecified atom stereocenters. The predicted octanol–water partition coefficient (Wildman–Crippen LogP) is 3.44. The highest BCUT2D eigenvalue weighted by molar-refractivity contribution is 5.90. The van der Waals surface area contributed by atoms with Crippen molar-refractivity contribution in [1.29, 1.82) is 0 Å². The van der Waals surface area contributed by atoms with Gasteiger partial charge in [0.15, 0.2) is 0 Å². The molecule has 1 aromatic carbocycles. The quantitative estimate of drug-likeness (QED) is 0.929. The van der Waals surface area contributed by atoms with Crippen molar-refractivity contribution in [3.63, 3.8) is 0 Å². The number of methoxy groups -OCH3 is 1. The molecule has 0 radical (unpaired) electrons. The molecule has 0 bridgehead atoms. The van der Waals surface area contributed by atoms with Crippen LogP contribution in [0.3, 0.4) is 0 Å². The molecule has 2 heterocycles. The molecule has 134 valence electrons. The molecule has 6 nitrogen and oxygen atoms in total. The molecule has 1 saturated heterocycles. The number of nitrogens with one attached hydrogen (secondary N) is 1. The van der Waals surface area contributed by atoms with Crippen LogP contribution in [0.25, 0.3) is 5.69 Å². The minimum Gasteiger partial charge on any atom is -0.380 e. The van der Waals surface area contributed by atoms with Crippen LogP contribution in [-0.2, 0) is 4.74 Å². The van der Waals surface area contributed by atoms with Gasteiger partial charge < -0.3 is 15.0 Å². The SMILES string of the molecule is COC1CCCN(C(=O)Nc2cnn(-c3cc(C)ccc3C)c2C)C1. The Kier molecular flexibility index (Phi) is 5.08. The lowest BCUT2D eigenvalue weighted by molar-refractivity contribution is 0.0458. The molecule has 6 heteroatoms. The van der Waals surface area contributed by atoms with Crippen molar-refractivity contribution in [2.24, 2.45) is 0 Å². The Balaban J connectivity index is 1.77. The van der Waals surface area contributed by atoms with E-state index in [1.807, 2.05) is 16.5 Å². The number of aromatic nitrogens is 2. The maximum Gasteiger partial charge on any atom is 0.322 e. The Morgan fingerprint density at radius 2 is 2.12 bits per heavy atom. The molecule has 1 fully saturated rings. The van der Waals surface area contributed by atoms with E-state index in [1.54, 1.807) is 13.3 Å². The highest BCUT2D eigenvalue weighted by Gasteiger charge is 2.24. The molecule has 3 rings (SSSR count). The van der Waals surface area contributed by atoms with Gasteiger partial charge >= 0.3 is 6.03 Å². The molecule has 0 aliphatic carbocycles. The number of carbonyl (C=O) groups excluding carboxylic acids is 1. The molecule has 1 aliphatic heterocycles. The lowest BCUT2D eigenvalue weighted by Gasteiger charge is -2.31. The van der Waals surface area contributed by atoms with Gasteiger partial charge in [-0.3, -0.25) is 0 Å². The van der Waals surface area contributed by atoms with Gasteiger partial charge in [0.25, 0.3) is 0 Å². The van der Waals surface area contributed by atoms with Gasteiger partial charge in [0, 0.05) is 20.2 Å². The third kappa shape index (κ3) is 3.69. The van der Waals surface area contributed by atoms with Gasteiger partial charge in [0.1, 0.15) is 0 Å². The van der Waals surface area contributed by atoms with Crippen LogP contribution in [0.2, 0.25) is 0 Å². The van der Waals surface area contributed by atoms with Crippen LogP contribution in [0.4, 0.5) is 10.5 Å². The summed E-state index contributed by atoms with van der Waals surface area (Å²) in [6, 6.07) is 6.19. The first-order valence-corrected chi connectivity index (χ1v) is 8.70. The largest absolute Gasteiger partial charge is 0.380 e. The minimum absolute atomic E-state index is 0.0923. The Labute approximate surface area is 148 Å². The monoisotopic (exact) mass is 342 g/mol. The Bertz CT molecular complexity index is 769. The summed E-state index contributed by atoms with van der Waals surface area (Å²) < 4.78 is 7.27. The highest BCUT2D eigenvalue weighted by atomic mass is 16.5. The summed E-state index contributed by atoms with van der Waals surface area (Å²) in [7, 11) is 1.70. The topological polar surface area (TPSA) is 59.4 Å². The van der Waals surface area contributed by atoms with Crippen LogP contribution >= 0.6 is 0 Å². The van der Waals surface area contributed by atoms with Gasteiger partial charge in [0.05, 0.1) is 29.4 Å². The maximum atomic E-state index is 12.6. The number of hydrogen-bond acceptors (Lipinski definition) is 3. The standard InChI is InChI=1S/C19H26N4O2/c1-13-7-8-14(2)18(10-13)23-15(3)17(11-20-23)21-19(24)22-9-5-6-16(12-22)25-4/h7-8,10-11,16H,5-6,9,12H2,1-4H3,(H,21,24). The Morgan fingerprint density at radius 1 is 1.32 bits per heavy atom. The normalized spacial score (nSPS) is 17.6. The first kappa shape index (κ1) is 17.5. The molecule has 1 aliphatic rings. The molecule has 1 aromatic heterocycles. The fraction of sp³-hybridized carbons (Fsp3) is 0.474. The molecular formula is C19H26N4O2. The van der Waals surface area contributed by atoms with Crippen molar-refractivity contribution < 1.29 is 9.53 Å². The van der Waals surface area contributed by atoms with Crippen LogP contribution < -0.4 is 5.32 Å². The second-order valence-electron chi connectivity index (χ2n) is 6.72. The van der Waals surface area contributed by atoms with Crippen LogP contribution in [-0.4, -0.2) is 47.0 Å². The molecule has 0 saturated carbocycles. The van der Waals surface area contributed by atoms with Gasteiger partial charge in [-0.15, -0.1) is 0 Å². The first-order chi connectivity index (χ1) is 12.0. The summed E-state index contributed by atoms with van der Waals surface area (Å²) >= 11 is 0. The van der Waals surface area contributed by atoms with Crippen LogP contribution in [0.15, 0.2) is 24.4 Å². The molecule has 25 heavy (non-hydrogen) atoms. The molecule has 2 aromatic rings. The number of ether oxygens (including phenoxy) is 1. The number of carbonyl (C=O) groups is 1. The van der Waals surface area contributed by atoms with Gasteiger partial charge in [0.2, 0.25) is 0 Å². The van der Waals surface area contributed by atoms with Crippen molar-refractivity contribution >= 4 is 11.7 Å². The second kappa shape index (κ2) is 7.27. The Hall–Kier alpha value is -2.34. The van der Waals surface area contributed by atoms with Crippen LogP contribution in [0, 0.1) is 20.8 Å². The highest BCUT2D eigenvalue weighted by Crippen LogP contribution is 2.22. The average molecular weight is 342 g/mol. The van der Waals surface area contributed by atoms with E-state index < -0.39 is 0 Å². The van der Waals surface area contributed by atoms with E-state index in [4.69, 9.17) is 4.74 Å². The zero-order valence-electron chi connectivity index (χ0n) is 15.4. The van der Waals surface area contributed by atoms with Crippen molar-refractivity contribution in [3.8, 4) is 5.69 Å². The van der Waals surface area contributed by atoms with Gasteiger partial charge in [-0.2, -0.15) is 5.10 Å². The maximum absolute atomic E-state index is 12.6. The number of amides is 2. The van der Waals surface area contributed by atoms with E-state index in [9.17, 15) is 4.79 Å². The lowest BCUT2D eigenvalue weighted by Crippen LogP contribution is -2.44. The number of aryl methyl sites for hydroxylation is 2. The number of anilines is 1. The van der Waals surface area contributed by atoms with Crippen LogP contribution in [0.1, 0.15) is 29.7 Å². The number of urea groups is 1. The summed E-state index contributed by atoms with van der Waals surface area (Å²) in [4.78, 5) is 14.4. The zero-order chi connectivity index (χ0) is 18.0. The first-order valence-electron chi connectivity index (χ1n) is 8.70. The molecular weight excluding hydrogens is 316 g/mol. The fourth-order valence-electron chi connectivity index (χ4n) is 3.23. The Morgan fingerprint density at radius 3 is 2.88 bits per heavy atom. The van der Waals surface area contributed by atoms with Crippen LogP contribution in [0.5, 0.6) is 0 Å². The summed E-state index contributed by atoms with van der Waals surface area (Å²) in [6.45, 7) is 7.49. The number of benzene rings is 1. The third-order valence-corrected chi connectivity index (χ3v) is 4.84. The number of rotatable bonds is 3.